The fourth-order valence-corrected chi connectivity index (χ4v) is 2.27. The van der Waals surface area contributed by atoms with Crippen molar-refractivity contribution in [2.24, 2.45) is 12.8 Å². The number of benzene rings is 1. The molecule has 0 atom stereocenters. The molecule has 7 nitrogen and oxygen atoms in total. The van der Waals surface area contributed by atoms with Crippen molar-refractivity contribution in [3.63, 3.8) is 0 Å². The Morgan fingerprint density at radius 2 is 2.09 bits per heavy atom. The minimum atomic E-state index is -0.606. The van der Waals surface area contributed by atoms with Gasteiger partial charge in [0.05, 0.1) is 24.7 Å². The van der Waals surface area contributed by atoms with Gasteiger partial charge in [0.15, 0.2) is 5.11 Å². The lowest BCUT2D eigenvalue weighted by Crippen LogP contribution is -2.23. The molecular weight excluding hydrogens is 326 g/mol. The molecule has 1 aromatic heterocycles. The first-order valence-corrected chi connectivity index (χ1v) is 6.94. The maximum atomic E-state index is 11.4. The van der Waals surface area contributed by atoms with Crippen molar-refractivity contribution >= 4 is 46.2 Å². The van der Waals surface area contributed by atoms with Crippen molar-refractivity contribution in [1.29, 1.82) is 0 Å². The zero-order chi connectivity index (χ0) is 16.3. The number of hydrogen-bond donors (Lipinski definition) is 3. The molecule has 1 heterocycles. The fourth-order valence-electron chi connectivity index (χ4n) is 1.87. The summed E-state index contributed by atoms with van der Waals surface area (Å²) in [5, 5.41) is 10.6. The number of thiocarbonyl (C=S) groups is 1. The van der Waals surface area contributed by atoms with Gasteiger partial charge in [-0.3, -0.25) is 9.48 Å². The van der Waals surface area contributed by atoms with Crippen LogP contribution in [0.25, 0.3) is 0 Å². The van der Waals surface area contributed by atoms with Crippen LogP contribution in [0.2, 0.25) is 5.02 Å². The number of methoxy groups -OCH3 is 1. The number of hydrogen-bond acceptors (Lipinski definition) is 4. The average Bonchev–Trinajstić information content (AvgIpc) is 2.79. The van der Waals surface area contributed by atoms with E-state index in [1.54, 1.807) is 25.2 Å². The highest BCUT2D eigenvalue weighted by Gasteiger charge is 2.15. The molecule has 0 aliphatic rings. The number of nitrogens with two attached hydrogens (primary N) is 1. The monoisotopic (exact) mass is 339 g/mol. The van der Waals surface area contributed by atoms with Gasteiger partial charge >= 0.3 is 0 Å². The van der Waals surface area contributed by atoms with Gasteiger partial charge in [0, 0.05) is 12.1 Å². The quantitative estimate of drug-likeness (QED) is 0.737. The van der Waals surface area contributed by atoms with Gasteiger partial charge in [-0.05, 0) is 30.4 Å². The first-order valence-electron chi connectivity index (χ1n) is 6.15. The number of carbonyl (C=O) groups excluding carboxylic acids is 1. The van der Waals surface area contributed by atoms with E-state index in [1.165, 1.54) is 18.0 Å². The number of aromatic nitrogens is 2. The summed E-state index contributed by atoms with van der Waals surface area (Å²) in [6, 6.07) is 5.09. The first kappa shape index (κ1) is 16.1. The molecule has 22 heavy (non-hydrogen) atoms. The van der Waals surface area contributed by atoms with E-state index < -0.39 is 5.91 Å². The number of primary amides is 1. The third-order valence-corrected chi connectivity index (χ3v) is 3.27. The Bertz CT molecular complexity index is 731. The Balaban J connectivity index is 2.18. The summed E-state index contributed by atoms with van der Waals surface area (Å²) < 4.78 is 6.59. The van der Waals surface area contributed by atoms with Gasteiger partial charge in [-0.2, -0.15) is 5.10 Å². The largest absolute Gasteiger partial charge is 0.495 e. The van der Waals surface area contributed by atoms with Crippen molar-refractivity contribution in [2.45, 2.75) is 0 Å². The molecule has 0 aliphatic heterocycles. The van der Waals surface area contributed by atoms with E-state index >= 15 is 0 Å². The second-order valence-electron chi connectivity index (χ2n) is 4.32. The van der Waals surface area contributed by atoms with Gasteiger partial charge in [0.25, 0.3) is 5.91 Å². The number of aryl methyl sites for hydroxylation is 1. The number of nitrogens with zero attached hydrogens (tertiary/aromatic N) is 2. The summed E-state index contributed by atoms with van der Waals surface area (Å²) >= 11 is 11.2. The van der Waals surface area contributed by atoms with Crippen LogP contribution < -0.4 is 21.1 Å². The number of amides is 1. The highest BCUT2D eigenvalue weighted by molar-refractivity contribution is 7.80. The van der Waals surface area contributed by atoms with Crippen LogP contribution in [0.3, 0.4) is 0 Å². The second-order valence-corrected chi connectivity index (χ2v) is 5.16. The number of ether oxygens (including phenoxy) is 1. The molecule has 0 saturated heterocycles. The van der Waals surface area contributed by atoms with Gasteiger partial charge in [-0.1, -0.05) is 11.6 Å². The molecule has 116 valence electrons. The lowest BCUT2D eigenvalue weighted by atomic mass is 10.3. The van der Waals surface area contributed by atoms with Crippen LogP contribution in [0.1, 0.15) is 10.5 Å². The molecule has 0 unspecified atom stereocenters. The predicted octanol–water partition coefficient (Wildman–Crippen LogP) is 1.99. The lowest BCUT2D eigenvalue weighted by Gasteiger charge is -2.13. The van der Waals surface area contributed by atoms with E-state index in [-0.39, 0.29) is 10.8 Å². The smallest absolute Gasteiger partial charge is 0.269 e. The van der Waals surface area contributed by atoms with Gasteiger partial charge in [-0.25, -0.2) is 0 Å². The number of rotatable bonds is 4. The second kappa shape index (κ2) is 6.63. The zero-order valence-electron chi connectivity index (χ0n) is 11.9. The van der Waals surface area contributed by atoms with Crippen molar-refractivity contribution in [1.82, 2.24) is 9.78 Å². The Hall–Kier alpha value is -2.32. The van der Waals surface area contributed by atoms with Gasteiger partial charge in [-0.15, -0.1) is 0 Å². The average molecular weight is 340 g/mol. The van der Waals surface area contributed by atoms with Gasteiger partial charge < -0.3 is 21.1 Å². The summed E-state index contributed by atoms with van der Waals surface area (Å²) in [4.78, 5) is 11.4. The van der Waals surface area contributed by atoms with Crippen LogP contribution in [0.15, 0.2) is 24.4 Å². The third-order valence-electron chi connectivity index (χ3n) is 2.83. The Morgan fingerprint density at radius 3 is 2.73 bits per heavy atom. The fraction of sp³-hybridized carbons (Fsp3) is 0.154. The first-order chi connectivity index (χ1) is 10.4. The number of nitrogens with one attached hydrogen (secondary N) is 2. The van der Waals surface area contributed by atoms with E-state index in [2.05, 4.69) is 15.7 Å². The Morgan fingerprint density at radius 1 is 1.41 bits per heavy atom. The zero-order valence-corrected chi connectivity index (χ0v) is 13.5. The maximum absolute atomic E-state index is 11.4. The summed E-state index contributed by atoms with van der Waals surface area (Å²) in [6.07, 6.45) is 1.46. The molecule has 9 heteroatoms. The van der Waals surface area contributed by atoms with E-state index in [4.69, 9.17) is 34.3 Å². The molecule has 0 saturated carbocycles. The van der Waals surface area contributed by atoms with Crippen LogP contribution in [-0.2, 0) is 7.05 Å². The van der Waals surface area contributed by atoms with Crippen LogP contribution in [-0.4, -0.2) is 27.9 Å². The minimum absolute atomic E-state index is 0.224. The molecule has 0 spiro atoms. The normalized spacial score (nSPS) is 10.1. The van der Waals surface area contributed by atoms with Crippen LogP contribution >= 0.6 is 23.8 Å². The minimum Gasteiger partial charge on any atom is -0.495 e. The van der Waals surface area contributed by atoms with E-state index in [9.17, 15) is 4.79 Å². The van der Waals surface area contributed by atoms with Crippen molar-refractivity contribution in [2.75, 3.05) is 17.7 Å². The van der Waals surface area contributed by atoms with Crippen LogP contribution in [0.5, 0.6) is 5.75 Å². The van der Waals surface area contributed by atoms with Crippen molar-refractivity contribution in [3.8, 4) is 5.75 Å². The maximum Gasteiger partial charge on any atom is 0.269 e. The molecule has 0 aliphatic carbocycles. The molecule has 0 radical (unpaired) electrons. The highest BCUT2D eigenvalue weighted by atomic mass is 35.5. The third kappa shape index (κ3) is 3.46. The topological polar surface area (TPSA) is 94.2 Å². The predicted molar refractivity (Wildman–Crippen MR) is 89.6 cm³/mol. The summed E-state index contributed by atoms with van der Waals surface area (Å²) in [6.45, 7) is 0. The molecular formula is C13H14ClN5O2S. The lowest BCUT2D eigenvalue weighted by molar-refractivity contribution is 0.0992. The summed E-state index contributed by atoms with van der Waals surface area (Å²) in [5.41, 5.74) is 6.54. The molecule has 1 amide bonds. The molecule has 2 rings (SSSR count). The van der Waals surface area contributed by atoms with Crippen LogP contribution in [0.4, 0.5) is 11.4 Å². The number of anilines is 2. The highest BCUT2D eigenvalue weighted by Crippen LogP contribution is 2.28. The van der Waals surface area contributed by atoms with Crippen LogP contribution in [0, 0.1) is 0 Å². The molecule has 0 fully saturated rings. The number of carbonyl (C=O) groups is 1. The summed E-state index contributed by atoms with van der Waals surface area (Å²) in [5.74, 6) is -0.0273. The number of halogens is 1. The van der Waals surface area contributed by atoms with Crippen molar-refractivity contribution < 1.29 is 9.53 Å². The Labute approximate surface area is 137 Å². The van der Waals surface area contributed by atoms with Gasteiger partial charge in [0.2, 0.25) is 0 Å². The van der Waals surface area contributed by atoms with Gasteiger partial charge in [0.1, 0.15) is 11.4 Å². The SMILES string of the molecule is COc1ccc(Cl)cc1NC(=S)Nc1cnn(C)c1C(N)=O. The van der Waals surface area contributed by atoms with E-state index in [0.717, 1.165) is 0 Å². The van der Waals surface area contributed by atoms with E-state index in [0.29, 0.717) is 22.1 Å². The molecule has 1 aromatic carbocycles. The standard InChI is InChI=1S/C13H14ClN5O2S/c1-19-11(12(15)20)9(6-16-19)18-13(22)17-8-5-7(14)3-4-10(8)21-2/h3-6H,1-2H3,(H2,15,20)(H2,17,18,22). The van der Waals surface area contributed by atoms with E-state index in [1.807, 2.05) is 0 Å². The molecule has 4 N–H and O–H groups in total. The van der Waals surface area contributed by atoms with Crippen molar-refractivity contribution in [3.05, 3.63) is 35.1 Å². The summed E-state index contributed by atoms with van der Waals surface area (Å²) in [7, 11) is 3.15. The molecule has 0 bridgehead atoms. The molecule has 2 aromatic rings. The Kier molecular flexibility index (Phi) is 4.84.